The van der Waals surface area contributed by atoms with E-state index in [0.717, 1.165) is 19.3 Å². The Bertz CT molecular complexity index is 558. The minimum absolute atomic E-state index is 0. The van der Waals surface area contributed by atoms with Gasteiger partial charge in [0, 0.05) is 0 Å². The predicted molar refractivity (Wildman–Crippen MR) is 130 cm³/mol. The van der Waals surface area contributed by atoms with E-state index in [4.69, 9.17) is 15.0 Å². The second kappa shape index (κ2) is 22.9. The normalized spacial score (nSPS) is 11.8. The van der Waals surface area contributed by atoms with E-state index in [1.807, 2.05) is 0 Å². The van der Waals surface area contributed by atoms with E-state index >= 15 is 0 Å². The molecule has 1 atom stereocenters. The van der Waals surface area contributed by atoms with Gasteiger partial charge in [-0.2, -0.15) is 8.42 Å². The number of nitrogens with two attached hydrogens (primary N) is 1. The van der Waals surface area contributed by atoms with Crippen LogP contribution in [0.25, 0.3) is 0 Å². The summed E-state index contributed by atoms with van der Waals surface area (Å²) in [7, 11) is -4.71. The molecule has 9 nitrogen and oxygen atoms in total. The number of carbonyl (C=O) groups is 2. The standard InChI is InChI=1S/C22H43NO6S.2H3N/c1-2-3-4-5-6-7-8-9-10-11-12-13-14-15-16-17-18-29-22(25)20(19-21(23)24)30(26,27)28;;/h20H,2-19H2,1H3,(H2,23,24)(H,26,27,28);2*1H3. The Balaban J connectivity index is -0.00000420. The van der Waals surface area contributed by atoms with Crippen LogP contribution in [-0.2, 0) is 24.4 Å². The van der Waals surface area contributed by atoms with Crippen molar-refractivity contribution in [2.24, 2.45) is 5.73 Å². The number of carbonyl (C=O) groups excluding carboxylic acids is 2. The van der Waals surface area contributed by atoms with Gasteiger partial charge in [-0.3, -0.25) is 14.1 Å². The van der Waals surface area contributed by atoms with Crippen molar-refractivity contribution in [3.63, 3.8) is 0 Å². The minimum Gasteiger partial charge on any atom is -0.465 e. The number of amides is 1. The summed E-state index contributed by atoms with van der Waals surface area (Å²) in [5.74, 6) is -2.12. The van der Waals surface area contributed by atoms with Gasteiger partial charge in [-0.25, -0.2) is 0 Å². The molecule has 0 saturated carbocycles. The number of ether oxygens (including phenoxy) is 1. The molecule has 0 radical (unpaired) electrons. The van der Waals surface area contributed by atoms with E-state index in [9.17, 15) is 18.0 Å². The van der Waals surface area contributed by atoms with E-state index in [2.05, 4.69) is 6.92 Å². The predicted octanol–water partition coefficient (Wildman–Crippen LogP) is 5.25. The van der Waals surface area contributed by atoms with Gasteiger partial charge in [0.2, 0.25) is 5.91 Å². The van der Waals surface area contributed by atoms with Crippen molar-refractivity contribution in [2.45, 2.75) is 121 Å². The number of rotatable bonds is 21. The highest BCUT2D eigenvalue weighted by Gasteiger charge is 2.34. The zero-order valence-electron chi connectivity index (χ0n) is 20.2. The summed E-state index contributed by atoms with van der Waals surface area (Å²) in [4.78, 5) is 22.5. The lowest BCUT2D eigenvalue weighted by Gasteiger charge is -2.11. The molecular formula is C22H49N3O6S. The van der Waals surface area contributed by atoms with Gasteiger partial charge in [-0.1, -0.05) is 103 Å². The highest BCUT2D eigenvalue weighted by Crippen LogP contribution is 2.14. The molecule has 0 aromatic carbocycles. The van der Waals surface area contributed by atoms with Crippen LogP contribution in [0.1, 0.15) is 116 Å². The number of hydrogen-bond donors (Lipinski definition) is 4. The number of esters is 1. The molecule has 0 rings (SSSR count). The molecule has 0 aliphatic rings. The van der Waals surface area contributed by atoms with Gasteiger partial charge >= 0.3 is 5.97 Å². The van der Waals surface area contributed by atoms with Gasteiger partial charge in [0.25, 0.3) is 10.1 Å². The summed E-state index contributed by atoms with van der Waals surface area (Å²) in [5, 5.41) is -1.93. The first-order valence-corrected chi connectivity index (χ1v) is 13.2. The summed E-state index contributed by atoms with van der Waals surface area (Å²) >= 11 is 0. The Hall–Kier alpha value is -1.23. The Labute approximate surface area is 195 Å². The van der Waals surface area contributed by atoms with Crippen molar-refractivity contribution in [2.75, 3.05) is 6.61 Å². The SMILES string of the molecule is CCCCCCCCCCCCCCCCCCOC(=O)C(CC(N)=O)S(=O)(=O)O.N.N. The molecule has 0 bridgehead atoms. The highest BCUT2D eigenvalue weighted by molar-refractivity contribution is 7.87. The van der Waals surface area contributed by atoms with Crippen LogP contribution < -0.4 is 18.0 Å². The topological polar surface area (TPSA) is 194 Å². The quantitative estimate of drug-likeness (QED) is 0.0964. The number of primary amides is 1. The van der Waals surface area contributed by atoms with Gasteiger partial charge in [-0.05, 0) is 6.42 Å². The summed E-state index contributed by atoms with van der Waals surface area (Å²) in [6.07, 6.45) is 18.9. The van der Waals surface area contributed by atoms with Crippen molar-refractivity contribution in [1.82, 2.24) is 12.3 Å². The third-order valence-corrected chi connectivity index (χ3v) is 6.33. The average molecular weight is 484 g/mol. The van der Waals surface area contributed by atoms with Gasteiger partial charge in [0.1, 0.15) is 0 Å². The van der Waals surface area contributed by atoms with E-state index in [-0.39, 0.29) is 18.9 Å². The Kier molecular flexibility index (Phi) is 25.4. The van der Waals surface area contributed by atoms with Crippen LogP contribution in [0.15, 0.2) is 0 Å². The third kappa shape index (κ3) is 22.0. The maximum absolute atomic E-state index is 11.7. The molecular weight excluding hydrogens is 434 g/mol. The molecule has 0 aromatic rings. The fourth-order valence-corrected chi connectivity index (χ4v) is 4.09. The van der Waals surface area contributed by atoms with Gasteiger partial charge < -0.3 is 22.8 Å². The van der Waals surface area contributed by atoms with Gasteiger partial charge in [0.15, 0.2) is 5.25 Å². The Morgan fingerprint density at radius 3 is 1.41 bits per heavy atom. The highest BCUT2D eigenvalue weighted by atomic mass is 32.2. The van der Waals surface area contributed by atoms with Crippen LogP contribution in [0.5, 0.6) is 0 Å². The second-order valence-corrected chi connectivity index (χ2v) is 9.74. The summed E-state index contributed by atoms with van der Waals surface area (Å²) in [5.41, 5.74) is 4.90. The lowest BCUT2D eigenvalue weighted by Crippen LogP contribution is -2.35. The fraction of sp³-hybridized carbons (Fsp3) is 0.909. The molecule has 9 N–H and O–H groups in total. The fourth-order valence-electron chi connectivity index (χ4n) is 3.41. The van der Waals surface area contributed by atoms with E-state index < -0.39 is 33.7 Å². The third-order valence-electron chi connectivity index (χ3n) is 5.25. The average Bonchev–Trinajstić information content (AvgIpc) is 2.67. The second-order valence-electron chi connectivity index (χ2n) is 8.14. The first kappa shape index (κ1) is 35.4. The van der Waals surface area contributed by atoms with Crippen LogP contribution in [0, 0.1) is 0 Å². The Morgan fingerprint density at radius 1 is 0.750 bits per heavy atom. The van der Waals surface area contributed by atoms with Crippen molar-refractivity contribution in [1.29, 1.82) is 0 Å². The first-order valence-electron chi connectivity index (χ1n) is 11.7. The Morgan fingerprint density at radius 2 is 1.09 bits per heavy atom. The zero-order valence-corrected chi connectivity index (χ0v) is 21.0. The van der Waals surface area contributed by atoms with Crippen molar-refractivity contribution in [3.8, 4) is 0 Å². The monoisotopic (exact) mass is 483 g/mol. The summed E-state index contributed by atoms with van der Waals surface area (Å²) < 4.78 is 36.1. The van der Waals surface area contributed by atoms with Crippen LogP contribution >= 0.6 is 0 Å². The first-order chi connectivity index (χ1) is 14.3. The van der Waals surface area contributed by atoms with Crippen LogP contribution in [0.3, 0.4) is 0 Å². The molecule has 0 heterocycles. The van der Waals surface area contributed by atoms with E-state index in [0.29, 0.717) is 6.42 Å². The largest absolute Gasteiger partial charge is 0.465 e. The molecule has 0 fully saturated rings. The summed E-state index contributed by atoms with van der Waals surface area (Å²) in [6, 6.07) is 0. The lowest BCUT2D eigenvalue weighted by molar-refractivity contribution is -0.144. The van der Waals surface area contributed by atoms with E-state index in [1.54, 1.807) is 0 Å². The number of hydrogen-bond acceptors (Lipinski definition) is 7. The smallest absolute Gasteiger partial charge is 0.327 e. The van der Waals surface area contributed by atoms with Crippen molar-refractivity contribution < 1.29 is 27.3 Å². The molecule has 1 unspecified atom stereocenters. The molecule has 0 saturated heterocycles. The molecule has 0 spiro atoms. The lowest BCUT2D eigenvalue weighted by atomic mass is 10.0. The van der Waals surface area contributed by atoms with Crippen molar-refractivity contribution in [3.05, 3.63) is 0 Å². The minimum atomic E-state index is -4.71. The van der Waals surface area contributed by atoms with E-state index in [1.165, 1.54) is 77.0 Å². The molecule has 10 heteroatoms. The van der Waals surface area contributed by atoms with Crippen LogP contribution in [0.4, 0.5) is 0 Å². The van der Waals surface area contributed by atoms with Crippen molar-refractivity contribution >= 4 is 22.0 Å². The maximum atomic E-state index is 11.7. The summed E-state index contributed by atoms with van der Waals surface area (Å²) in [6.45, 7) is 2.32. The van der Waals surface area contributed by atoms with Crippen LogP contribution in [0.2, 0.25) is 0 Å². The molecule has 1 amide bonds. The van der Waals surface area contributed by atoms with Gasteiger partial charge in [0.05, 0.1) is 13.0 Å². The molecule has 0 aromatic heterocycles. The number of unbranched alkanes of at least 4 members (excludes halogenated alkanes) is 15. The maximum Gasteiger partial charge on any atom is 0.327 e. The van der Waals surface area contributed by atoms with Crippen LogP contribution in [-0.4, -0.2) is 36.7 Å². The molecule has 0 aliphatic carbocycles. The zero-order chi connectivity index (χ0) is 22.7. The molecule has 32 heavy (non-hydrogen) atoms. The molecule has 0 aliphatic heterocycles. The molecule has 194 valence electrons. The van der Waals surface area contributed by atoms with Gasteiger partial charge in [-0.15, -0.1) is 0 Å².